The molecule has 1 aromatic heterocycles. The molecule has 0 radical (unpaired) electrons. The largest absolute Gasteiger partial charge is 0.508 e. The summed E-state index contributed by atoms with van der Waals surface area (Å²) in [4.78, 5) is 30.1. The van der Waals surface area contributed by atoms with E-state index in [2.05, 4.69) is 10.2 Å². The van der Waals surface area contributed by atoms with Crippen LogP contribution in [-0.4, -0.2) is 48.0 Å². The van der Waals surface area contributed by atoms with Crippen LogP contribution in [0.15, 0.2) is 66.0 Å². The third kappa shape index (κ3) is 4.25. The van der Waals surface area contributed by atoms with E-state index in [1.54, 1.807) is 47.4 Å². The van der Waals surface area contributed by atoms with Crippen molar-refractivity contribution in [1.82, 2.24) is 4.90 Å². The highest BCUT2D eigenvalue weighted by molar-refractivity contribution is 7.12. The number of nitrogens with zero attached hydrogens (tertiary/aromatic N) is 2. The van der Waals surface area contributed by atoms with Crippen LogP contribution in [0.1, 0.15) is 20.0 Å². The molecule has 2 heterocycles. The van der Waals surface area contributed by atoms with E-state index in [4.69, 9.17) is 0 Å². The van der Waals surface area contributed by atoms with Gasteiger partial charge in [0.2, 0.25) is 0 Å². The predicted molar refractivity (Wildman–Crippen MR) is 115 cm³/mol. The summed E-state index contributed by atoms with van der Waals surface area (Å²) in [5.41, 5.74) is 1.95. The topological polar surface area (TPSA) is 72.9 Å². The molecule has 1 aliphatic rings. The van der Waals surface area contributed by atoms with E-state index in [0.29, 0.717) is 42.3 Å². The lowest BCUT2D eigenvalue weighted by molar-refractivity contribution is 0.0748. The third-order valence-electron chi connectivity index (χ3n) is 4.91. The first-order valence-corrected chi connectivity index (χ1v) is 10.3. The molecule has 29 heavy (non-hydrogen) atoms. The minimum absolute atomic E-state index is 0.0948. The van der Waals surface area contributed by atoms with Gasteiger partial charge in [-0.05, 0) is 35.7 Å². The number of phenols is 1. The number of hydrogen-bond donors (Lipinski definition) is 2. The first kappa shape index (κ1) is 19.0. The maximum atomic E-state index is 13.1. The van der Waals surface area contributed by atoms with Crippen LogP contribution in [0.25, 0.3) is 0 Å². The smallest absolute Gasteiger partial charge is 0.265 e. The summed E-state index contributed by atoms with van der Waals surface area (Å²) in [6.45, 7) is 2.50. The molecule has 0 bridgehead atoms. The molecule has 0 atom stereocenters. The van der Waals surface area contributed by atoms with Gasteiger partial charge < -0.3 is 20.2 Å². The Morgan fingerprint density at radius 3 is 2.45 bits per heavy atom. The Kier molecular flexibility index (Phi) is 5.48. The van der Waals surface area contributed by atoms with Gasteiger partial charge in [0.25, 0.3) is 11.8 Å². The molecule has 1 fully saturated rings. The van der Waals surface area contributed by atoms with Gasteiger partial charge in [-0.3, -0.25) is 9.59 Å². The Hall–Kier alpha value is -3.32. The Balaban J connectivity index is 1.45. The fraction of sp³-hybridized carbons (Fsp3) is 0.182. The van der Waals surface area contributed by atoms with Crippen LogP contribution in [-0.2, 0) is 0 Å². The van der Waals surface area contributed by atoms with Gasteiger partial charge >= 0.3 is 0 Å². The second-order valence-corrected chi connectivity index (χ2v) is 7.72. The normalized spacial score (nSPS) is 13.9. The van der Waals surface area contributed by atoms with Crippen molar-refractivity contribution >= 4 is 34.5 Å². The third-order valence-corrected chi connectivity index (χ3v) is 5.78. The lowest BCUT2D eigenvalue weighted by Crippen LogP contribution is -2.48. The zero-order valence-electron chi connectivity index (χ0n) is 15.7. The Bertz CT molecular complexity index is 1010. The van der Waals surface area contributed by atoms with Crippen LogP contribution in [0.4, 0.5) is 11.4 Å². The van der Waals surface area contributed by atoms with Crippen molar-refractivity contribution in [3.8, 4) is 5.75 Å². The maximum Gasteiger partial charge on any atom is 0.265 e. The minimum Gasteiger partial charge on any atom is -0.508 e. The van der Waals surface area contributed by atoms with Crippen LogP contribution >= 0.6 is 11.3 Å². The fourth-order valence-corrected chi connectivity index (χ4v) is 4.02. The molecule has 148 valence electrons. The fourth-order valence-electron chi connectivity index (χ4n) is 3.40. The van der Waals surface area contributed by atoms with Crippen LogP contribution in [0.2, 0.25) is 0 Å². The molecular weight excluding hydrogens is 386 g/mol. The van der Waals surface area contributed by atoms with E-state index >= 15 is 0 Å². The summed E-state index contributed by atoms with van der Waals surface area (Å²) in [5.74, 6) is -0.0759. The van der Waals surface area contributed by atoms with Gasteiger partial charge in [-0.1, -0.05) is 24.3 Å². The number of rotatable bonds is 4. The van der Waals surface area contributed by atoms with Gasteiger partial charge in [0.05, 0.1) is 16.1 Å². The van der Waals surface area contributed by atoms with Crippen molar-refractivity contribution in [2.45, 2.75) is 0 Å². The number of aromatic hydroxyl groups is 1. The number of nitrogens with one attached hydrogen (secondary N) is 1. The van der Waals surface area contributed by atoms with Gasteiger partial charge in [0.1, 0.15) is 5.75 Å². The number of carbonyl (C=O) groups is 2. The molecular formula is C22H21N3O3S. The highest BCUT2D eigenvalue weighted by Crippen LogP contribution is 2.23. The van der Waals surface area contributed by atoms with Gasteiger partial charge in [-0.2, -0.15) is 0 Å². The number of anilines is 2. The number of hydrogen-bond acceptors (Lipinski definition) is 5. The molecule has 7 heteroatoms. The predicted octanol–water partition coefficient (Wildman–Crippen LogP) is 3.67. The molecule has 3 aromatic rings. The van der Waals surface area contributed by atoms with Crippen LogP contribution in [0.3, 0.4) is 0 Å². The second kappa shape index (κ2) is 8.36. The van der Waals surface area contributed by atoms with Crippen LogP contribution < -0.4 is 10.2 Å². The van der Waals surface area contributed by atoms with Gasteiger partial charge in [-0.25, -0.2) is 0 Å². The summed E-state index contributed by atoms with van der Waals surface area (Å²) < 4.78 is 0. The Labute approximate surface area is 173 Å². The highest BCUT2D eigenvalue weighted by atomic mass is 32.1. The lowest BCUT2D eigenvalue weighted by Gasteiger charge is -2.36. The summed E-state index contributed by atoms with van der Waals surface area (Å²) in [6.07, 6.45) is 0. The molecule has 0 spiro atoms. The van der Waals surface area contributed by atoms with Gasteiger partial charge in [0, 0.05) is 37.9 Å². The van der Waals surface area contributed by atoms with E-state index in [9.17, 15) is 14.7 Å². The Morgan fingerprint density at radius 2 is 1.72 bits per heavy atom. The molecule has 2 aromatic carbocycles. The number of benzene rings is 2. The van der Waals surface area contributed by atoms with E-state index < -0.39 is 0 Å². The van der Waals surface area contributed by atoms with E-state index in [1.807, 2.05) is 23.6 Å². The monoisotopic (exact) mass is 407 g/mol. The zero-order chi connectivity index (χ0) is 20.2. The first-order valence-electron chi connectivity index (χ1n) is 9.39. The van der Waals surface area contributed by atoms with Crippen LogP contribution in [0, 0.1) is 0 Å². The zero-order valence-corrected chi connectivity index (χ0v) is 16.6. The Morgan fingerprint density at radius 1 is 0.931 bits per heavy atom. The average Bonchev–Trinajstić information content (AvgIpc) is 3.29. The average molecular weight is 407 g/mol. The van der Waals surface area contributed by atoms with Crippen molar-refractivity contribution < 1.29 is 14.7 Å². The molecule has 6 nitrogen and oxygen atoms in total. The summed E-state index contributed by atoms with van der Waals surface area (Å²) in [6, 6.07) is 17.8. The second-order valence-electron chi connectivity index (χ2n) is 6.78. The molecule has 0 saturated carbocycles. The van der Waals surface area contributed by atoms with E-state index in [0.717, 1.165) is 5.69 Å². The summed E-state index contributed by atoms with van der Waals surface area (Å²) in [5, 5.41) is 14.4. The quantitative estimate of drug-likeness (QED) is 0.692. The van der Waals surface area contributed by atoms with Crippen molar-refractivity contribution in [2.24, 2.45) is 0 Å². The standard InChI is InChI=1S/C22H21N3O3S/c26-17-6-3-5-16(15-17)24-10-12-25(13-11-24)22(28)18-7-1-2-8-19(18)23-21(27)20-9-4-14-29-20/h1-9,14-15,26H,10-13H2,(H,23,27). The van der Waals surface area contributed by atoms with Crippen LogP contribution in [0.5, 0.6) is 5.75 Å². The minimum atomic E-state index is -0.214. The molecule has 0 unspecified atom stereocenters. The number of para-hydroxylation sites is 1. The van der Waals surface area contributed by atoms with Gasteiger partial charge in [-0.15, -0.1) is 11.3 Å². The number of piperazine rings is 1. The number of phenolic OH excluding ortho intramolecular Hbond substituents is 1. The maximum absolute atomic E-state index is 13.1. The summed E-state index contributed by atoms with van der Waals surface area (Å²) in [7, 11) is 0. The van der Waals surface area contributed by atoms with Crippen molar-refractivity contribution in [3.05, 3.63) is 76.5 Å². The molecule has 4 rings (SSSR count). The molecule has 1 saturated heterocycles. The van der Waals surface area contributed by atoms with Crippen molar-refractivity contribution in [3.63, 3.8) is 0 Å². The van der Waals surface area contributed by atoms with Gasteiger partial charge in [0.15, 0.2) is 0 Å². The molecule has 0 aliphatic carbocycles. The molecule has 2 amide bonds. The van der Waals surface area contributed by atoms with E-state index in [1.165, 1.54) is 11.3 Å². The highest BCUT2D eigenvalue weighted by Gasteiger charge is 2.24. The first-order chi connectivity index (χ1) is 14.1. The van der Waals surface area contributed by atoms with Crippen molar-refractivity contribution in [1.29, 1.82) is 0 Å². The molecule has 1 aliphatic heterocycles. The lowest BCUT2D eigenvalue weighted by atomic mass is 10.1. The number of carbonyl (C=O) groups excluding carboxylic acids is 2. The van der Waals surface area contributed by atoms with E-state index in [-0.39, 0.29) is 17.6 Å². The summed E-state index contributed by atoms with van der Waals surface area (Å²) >= 11 is 1.36. The number of amides is 2. The van der Waals surface area contributed by atoms with Crippen molar-refractivity contribution in [2.75, 3.05) is 36.4 Å². The molecule has 2 N–H and O–H groups in total. The SMILES string of the molecule is O=C(Nc1ccccc1C(=O)N1CCN(c2cccc(O)c2)CC1)c1cccs1. The number of thiophene rings is 1.